The number of carbonyl (C=O) groups excluding carboxylic acids is 1. The standard InChI is InChI=1S/C19H17FN4O/c20-16-3-1-14(2-4-16)11-22-17-5-6-18(23-13-17)19(25)24-12-15-7-9-21-10-8-15/h1-10,13,22H,11-12H2,(H,24,25). The Morgan fingerprint density at radius 3 is 2.32 bits per heavy atom. The predicted molar refractivity (Wildman–Crippen MR) is 93.4 cm³/mol. The van der Waals surface area contributed by atoms with Crippen LogP contribution in [0.15, 0.2) is 67.1 Å². The van der Waals surface area contributed by atoms with E-state index in [0.717, 1.165) is 16.8 Å². The van der Waals surface area contributed by atoms with Gasteiger partial charge in [-0.25, -0.2) is 9.37 Å². The fourth-order valence-corrected chi connectivity index (χ4v) is 2.21. The van der Waals surface area contributed by atoms with Gasteiger partial charge in [-0.15, -0.1) is 0 Å². The molecule has 25 heavy (non-hydrogen) atoms. The summed E-state index contributed by atoms with van der Waals surface area (Å²) in [7, 11) is 0. The molecule has 0 aliphatic rings. The van der Waals surface area contributed by atoms with Crippen molar-refractivity contribution in [1.82, 2.24) is 15.3 Å². The van der Waals surface area contributed by atoms with Gasteiger partial charge in [-0.1, -0.05) is 12.1 Å². The zero-order valence-electron chi connectivity index (χ0n) is 13.4. The van der Waals surface area contributed by atoms with Gasteiger partial charge in [-0.3, -0.25) is 9.78 Å². The molecule has 2 heterocycles. The molecular formula is C19H17FN4O. The summed E-state index contributed by atoms with van der Waals surface area (Å²) >= 11 is 0. The van der Waals surface area contributed by atoms with Crippen LogP contribution in [0, 0.1) is 5.82 Å². The maximum absolute atomic E-state index is 12.9. The van der Waals surface area contributed by atoms with Crippen molar-refractivity contribution in [3.63, 3.8) is 0 Å². The zero-order chi connectivity index (χ0) is 17.5. The summed E-state index contributed by atoms with van der Waals surface area (Å²) in [6, 6.07) is 13.4. The number of aromatic nitrogens is 2. The molecule has 0 spiro atoms. The highest BCUT2D eigenvalue weighted by Crippen LogP contribution is 2.10. The first-order chi connectivity index (χ1) is 12.2. The minimum absolute atomic E-state index is 0.234. The van der Waals surface area contributed by atoms with E-state index in [2.05, 4.69) is 20.6 Å². The van der Waals surface area contributed by atoms with E-state index in [-0.39, 0.29) is 11.7 Å². The van der Waals surface area contributed by atoms with Crippen molar-refractivity contribution in [2.45, 2.75) is 13.1 Å². The predicted octanol–water partition coefficient (Wildman–Crippen LogP) is 3.16. The Labute approximate surface area is 145 Å². The smallest absolute Gasteiger partial charge is 0.270 e. The van der Waals surface area contributed by atoms with Gasteiger partial charge in [-0.2, -0.15) is 0 Å². The van der Waals surface area contributed by atoms with Gasteiger partial charge in [0.1, 0.15) is 11.5 Å². The molecule has 0 atom stereocenters. The summed E-state index contributed by atoms with van der Waals surface area (Å²) in [5, 5.41) is 5.99. The summed E-state index contributed by atoms with van der Waals surface area (Å²) in [5.74, 6) is -0.491. The van der Waals surface area contributed by atoms with E-state index in [1.165, 1.54) is 12.1 Å². The maximum atomic E-state index is 12.9. The van der Waals surface area contributed by atoms with E-state index in [0.29, 0.717) is 18.8 Å². The highest BCUT2D eigenvalue weighted by molar-refractivity contribution is 5.92. The summed E-state index contributed by atoms with van der Waals surface area (Å²) in [4.78, 5) is 20.2. The monoisotopic (exact) mass is 336 g/mol. The molecule has 0 bridgehead atoms. The Morgan fingerprint density at radius 1 is 0.920 bits per heavy atom. The number of hydrogen-bond donors (Lipinski definition) is 2. The van der Waals surface area contributed by atoms with Crippen LogP contribution in [0.1, 0.15) is 21.6 Å². The van der Waals surface area contributed by atoms with Crippen LogP contribution < -0.4 is 10.6 Å². The fraction of sp³-hybridized carbons (Fsp3) is 0.105. The Bertz CT molecular complexity index is 820. The molecule has 0 aliphatic heterocycles. The lowest BCUT2D eigenvalue weighted by molar-refractivity contribution is 0.0946. The molecule has 0 aliphatic carbocycles. The minimum Gasteiger partial charge on any atom is -0.380 e. The van der Waals surface area contributed by atoms with Crippen LogP contribution in [0.3, 0.4) is 0 Å². The van der Waals surface area contributed by atoms with E-state index < -0.39 is 0 Å². The van der Waals surface area contributed by atoms with Gasteiger partial charge in [0.15, 0.2) is 0 Å². The Hall–Kier alpha value is -3.28. The van der Waals surface area contributed by atoms with Gasteiger partial charge in [-0.05, 0) is 47.5 Å². The number of anilines is 1. The number of pyridine rings is 2. The maximum Gasteiger partial charge on any atom is 0.270 e. The first-order valence-electron chi connectivity index (χ1n) is 7.82. The van der Waals surface area contributed by atoms with E-state index >= 15 is 0 Å². The van der Waals surface area contributed by atoms with Crippen molar-refractivity contribution in [3.8, 4) is 0 Å². The van der Waals surface area contributed by atoms with Crippen LogP contribution in [0.4, 0.5) is 10.1 Å². The van der Waals surface area contributed by atoms with Crippen LogP contribution >= 0.6 is 0 Å². The Balaban J connectivity index is 1.52. The Kier molecular flexibility index (Phi) is 5.31. The zero-order valence-corrected chi connectivity index (χ0v) is 13.4. The van der Waals surface area contributed by atoms with Crippen LogP contribution in [-0.2, 0) is 13.1 Å². The van der Waals surface area contributed by atoms with E-state index in [9.17, 15) is 9.18 Å². The molecular weight excluding hydrogens is 319 g/mol. The highest BCUT2D eigenvalue weighted by Gasteiger charge is 2.06. The van der Waals surface area contributed by atoms with E-state index in [1.54, 1.807) is 42.9 Å². The van der Waals surface area contributed by atoms with Gasteiger partial charge in [0.25, 0.3) is 5.91 Å². The molecule has 0 unspecified atom stereocenters. The third-order valence-electron chi connectivity index (χ3n) is 3.61. The largest absolute Gasteiger partial charge is 0.380 e. The first-order valence-corrected chi connectivity index (χ1v) is 7.82. The molecule has 3 aromatic rings. The number of amides is 1. The molecule has 5 nitrogen and oxygen atoms in total. The third-order valence-corrected chi connectivity index (χ3v) is 3.61. The van der Waals surface area contributed by atoms with Crippen LogP contribution in [0.25, 0.3) is 0 Å². The fourth-order valence-electron chi connectivity index (χ4n) is 2.21. The second-order valence-electron chi connectivity index (χ2n) is 5.45. The van der Waals surface area contributed by atoms with E-state index in [1.807, 2.05) is 12.1 Å². The second-order valence-corrected chi connectivity index (χ2v) is 5.45. The average molecular weight is 336 g/mol. The van der Waals surface area contributed by atoms with Gasteiger partial charge in [0.2, 0.25) is 0 Å². The first kappa shape index (κ1) is 16.6. The van der Waals surface area contributed by atoms with Crippen molar-refractivity contribution >= 4 is 11.6 Å². The second kappa shape index (κ2) is 8.01. The average Bonchev–Trinajstić information content (AvgIpc) is 2.67. The number of rotatable bonds is 6. The van der Waals surface area contributed by atoms with Crippen LogP contribution in [0.2, 0.25) is 0 Å². The molecule has 0 saturated heterocycles. The molecule has 126 valence electrons. The van der Waals surface area contributed by atoms with Gasteiger partial charge in [0, 0.05) is 25.5 Å². The lowest BCUT2D eigenvalue weighted by atomic mass is 10.2. The quantitative estimate of drug-likeness (QED) is 0.726. The molecule has 0 radical (unpaired) electrons. The molecule has 6 heteroatoms. The number of halogens is 1. The number of carbonyl (C=O) groups is 1. The molecule has 0 saturated carbocycles. The number of nitrogens with one attached hydrogen (secondary N) is 2. The van der Waals surface area contributed by atoms with Crippen molar-refractivity contribution in [1.29, 1.82) is 0 Å². The Morgan fingerprint density at radius 2 is 1.64 bits per heavy atom. The number of nitrogens with zero attached hydrogens (tertiary/aromatic N) is 2. The third kappa shape index (κ3) is 4.84. The van der Waals surface area contributed by atoms with Gasteiger partial charge < -0.3 is 10.6 Å². The summed E-state index contributed by atoms with van der Waals surface area (Å²) < 4.78 is 12.9. The van der Waals surface area contributed by atoms with Gasteiger partial charge >= 0.3 is 0 Å². The van der Waals surface area contributed by atoms with E-state index in [4.69, 9.17) is 0 Å². The normalized spacial score (nSPS) is 10.3. The van der Waals surface area contributed by atoms with Crippen LogP contribution in [0.5, 0.6) is 0 Å². The minimum atomic E-state index is -0.257. The van der Waals surface area contributed by atoms with Crippen molar-refractivity contribution in [2.24, 2.45) is 0 Å². The van der Waals surface area contributed by atoms with Crippen molar-refractivity contribution < 1.29 is 9.18 Å². The van der Waals surface area contributed by atoms with Crippen molar-refractivity contribution in [3.05, 3.63) is 89.8 Å². The highest BCUT2D eigenvalue weighted by atomic mass is 19.1. The molecule has 1 amide bonds. The SMILES string of the molecule is O=C(NCc1ccncc1)c1ccc(NCc2ccc(F)cc2)cn1. The summed E-state index contributed by atoms with van der Waals surface area (Å²) in [6.07, 6.45) is 4.97. The van der Waals surface area contributed by atoms with Gasteiger partial charge in [0.05, 0.1) is 11.9 Å². The lowest BCUT2D eigenvalue weighted by Gasteiger charge is -2.08. The molecule has 2 N–H and O–H groups in total. The van der Waals surface area contributed by atoms with Crippen LogP contribution in [-0.4, -0.2) is 15.9 Å². The number of benzene rings is 1. The molecule has 0 fully saturated rings. The molecule has 3 rings (SSSR count). The molecule has 2 aromatic heterocycles. The van der Waals surface area contributed by atoms with Crippen molar-refractivity contribution in [2.75, 3.05) is 5.32 Å². The lowest BCUT2D eigenvalue weighted by Crippen LogP contribution is -2.23. The molecule has 1 aromatic carbocycles. The summed E-state index contributed by atoms with van der Waals surface area (Å²) in [5.41, 5.74) is 3.07. The number of hydrogen-bond acceptors (Lipinski definition) is 4. The topological polar surface area (TPSA) is 66.9 Å². The summed E-state index contributed by atoms with van der Waals surface area (Å²) in [6.45, 7) is 0.975.